The van der Waals surface area contributed by atoms with Crippen molar-refractivity contribution in [2.75, 3.05) is 12.4 Å². The van der Waals surface area contributed by atoms with Gasteiger partial charge in [0.15, 0.2) is 0 Å². The van der Waals surface area contributed by atoms with E-state index in [1.165, 1.54) is 24.3 Å². The zero-order chi connectivity index (χ0) is 20.8. The predicted molar refractivity (Wildman–Crippen MR) is 101 cm³/mol. The fourth-order valence-corrected chi connectivity index (χ4v) is 2.58. The molecule has 2 aromatic rings. The van der Waals surface area contributed by atoms with Gasteiger partial charge in [-0.25, -0.2) is 0 Å². The zero-order valence-electron chi connectivity index (χ0n) is 15.1. The lowest BCUT2D eigenvalue weighted by molar-refractivity contribution is -0.384. The molecule has 10 heteroatoms. The third-order valence-corrected chi connectivity index (χ3v) is 4.36. The molecule has 2 aromatic carbocycles. The van der Waals surface area contributed by atoms with Crippen LogP contribution in [0, 0.1) is 10.1 Å². The van der Waals surface area contributed by atoms with Gasteiger partial charge in [-0.2, -0.15) is 8.78 Å². The Labute approximate surface area is 165 Å². The lowest BCUT2D eigenvalue weighted by atomic mass is 10.1. The average molecular weight is 414 g/mol. The maximum Gasteiger partial charge on any atom is 0.387 e. The molecule has 1 N–H and O–H groups in total. The van der Waals surface area contributed by atoms with Crippen molar-refractivity contribution in [2.45, 2.75) is 26.1 Å². The highest BCUT2D eigenvalue weighted by molar-refractivity contribution is 6.34. The number of alkyl halides is 2. The summed E-state index contributed by atoms with van der Waals surface area (Å²) in [6.07, 6.45) is 0. The van der Waals surface area contributed by atoms with Crippen LogP contribution < -0.4 is 10.1 Å². The Morgan fingerprint density at radius 2 is 1.93 bits per heavy atom. The van der Waals surface area contributed by atoms with Gasteiger partial charge in [0.2, 0.25) is 5.91 Å². The van der Waals surface area contributed by atoms with Crippen molar-refractivity contribution in [2.24, 2.45) is 0 Å². The number of nitrogens with zero attached hydrogens (tertiary/aromatic N) is 2. The molecule has 0 bridgehead atoms. The molecule has 150 valence electrons. The van der Waals surface area contributed by atoms with Crippen molar-refractivity contribution >= 4 is 28.9 Å². The second-order valence-corrected chi connectivity index (χ2v) is 6.43. The third kappa shape index (κ3) is 5.86. The van der Waals surface area contributed by atoms with Crippen LogP contribution >= 0.6 is 11.6 Å². The van der Waals surface area contributed by atoms with Crippen LogP contribution in [0.1, 0.15) is 12.5 Å². The first-order chi connectivity index (χ1) is 13.2. The molecule has 7 nitrogen and oxygen atoms in total. The summed E-state index contributed by atoms with van der Waals surface area (Å²) in [5, 5.41) is 13.4. The van der Waals surface area contributed by atoms with Gasteiger partial charge in [0.1, 0.15) is 5.75 Å². The topological polar surface area (TPSA) is 84.7 Å². The summed E-state index contributed by atoms with van der Waals surface area (Å²) in [7, 11) is 1.73. The van der Waals surface area contributed by atoms with E-state index in [0.717, 1.165) is 11.6 Å². The lowest BCUT2D eigenvalue weighted by Gasteiger charge is -2.24. The van der Waals surface area contributed by atoms with E-state index in [2.05, 4.69) is 10.1 Å². The van der Waals surface area contributed by atoms with E-state index in [0.29, 0.717) is 6.54 Å². The average Bonchev–Trinajstić information content (AvgIpc) is 2.63. The lowest BCUT2D eigenvalue weighted by Crippen LogP contribution is -2.39. The molecule has 1 amide bonds. The number of likely N-dealkylation sites (N-methyl/N-ethyl adjacent to an activating group) is 1. The molecular weight excluding hydrogens is 396 g/mol. The van der Waals surface area contributed by atoms with Gasteiger partial charge in [0.05, 0.1) is 21.7 Å². The Kier molecular flexibility index (Phi) is 7.24. The maximum atomic E-state index is 12.4. The van der Waals surface area contributed by atoms with Gasteiger partial charge in [-0.3, -0.25) is 19.8 Å². The minimum absolute atomic E-state index is 0.0556. The van der Waals surface area contributed by atoms with E-state index in [9.17, 15) is 23.7 Å². The summed E-state index contributed by atoms with van der Waals surface area (Å²) in [5.41, 5.74) is 0.899. The molecule has 0 aromatic heterocycles. The minimum atomic E-state index is -2.89. The largest absolute Gasteiger partial charge is 0.435 e. The Morgan fingerprint density at radius 1 is 1.29 bits per heavy atom. The zero-order valence-corrected chi connectivity index (χ0v) is 15.8. The molecule has 0 aliphatic rings. The number of nitrogens with one attached hydrogen (secondary N) is 1. The van der Waals surface area contributed by atoms with Crippen LogP contribution in [0.2, 0.25) is 5.02 Å². The Morgan fingerprint density at radius 3 is 2.46 bits per heavy atom. The van der Waals surface area contributed by atoms with E-state index >= 15 is 0 Å². The number of ether oxygens (including phenoxy) is 1. The highest BCUT2D eigenvalue weighted by atomic mass is 35.5. The molecule has 0 aliphatic carbocycles. The first-order valence-corrected chi connectivity index (χ1v) is 8.54. The van der Waals surface area contributed by atoms with Gasteiger partial charge in [0, 0.05) is 18.7 Å². The molecule has 2 rings (SSSR count). The van der Waals surface area contributed by atoms with Crippen LogP contribution in [-0.4, -0.2) is 35.4 Å². The van der Waals surface area contributed by atoms with Crippen molar-refractivity contribution in [3.05, 3.63) is 63.2 Å². The number of halogens is 3. The summed E-state index contributed by atoms with van der Waals surface area (Å²) in [6.45, 7) is -0.816. The highest BCUT2D eigenvalue weighted by Crippen LogP contribution is 2.27. The first kappa shape index (κ1) is 21.5. The van der Waals surface area contributed by atoms with Gasteiger partial charge in [-0.15, -0.1) is 0 Å². The summed E-state index contributed by atoms with van der Waals surface area (Å²) in [5.74, 6) is -0.295. The smallest absolute Gasteiger partial charge is 0.387 e. The molecule has 0 spiro atoms. The monoisotopic (exact) mass is 413 g/mol. The number of nitro benzene ring substituents is 1. The Bertz CT molecular complexity index is 849. The molecule has 1 atom stereocenters. The fraction of sp³-hybridized carbons (Fsp3) is 0.278. The van der Waals surface area contributed by atoms with Crippen LogP contribution in [0.3, 0.4) is 0 Å². The number of carbonyl (C=O) groups is 1. The van der Waals surface area contributed by atoms with Crippen molar-refractivity contribution in [3.63, 3.8) is 0 Å². The number of carbonyl (C=O) groups excluding carboxylic acids is 1. The second-order valence-electron chi connectivity index (χ2n) is 6.02. The molecule has 28 heavy (non-hydrogen) atoms. The minimum Gasteiger partial charge on any atom is -0.435 e. The number of anilines is 1. The summed E-state index contributed by atoms with van der Waals surface area (Å²) in [4.78, 5) is 24.4. The Balaban J connectivity index is 1.97. The van der Waals surface area contributed by atoms with Crippen molar-refractivity contribution < 1.29 is 23.2 Å². The van der Waals surface area contributed by atoms with Crippen LogP contribution in [-0.2, 0) is 11.3 Å². The SMILES string of the molecule is CC(C(=O)Nc1ccc([N+](=O)[O-])cc1Cl)N(C)Cc1ccc(OC(F)F)cc1. The van der Waals surface area contributed by atoms with E-state index < -0.39 is 17.6 Å². The number of hydrogen-bond donors (Lipinski definition) is 1. The van der Waals surface area contributed by atoms with Crippen molar-refractivity contribution in [1.29, 1.82) is 0 Å². The van der Waals surface area contributed by atoms with Crippen LogP contribution in [0.4, 0.5) is 20.2 Å². The van der Waals surface area contributed by atoms with E-state index in [-0.39, 0.29) is 28.1 Å². The molecule has 0 saturated carbocycles. The molecule has 0 heterocycles. The van der Waals surface area contributed by atoms with Gasteiger partial charge in [0.25, 0.3) is 5.69 Å². The maximum absolute atomic E-state index is 12.4. The number of rotatable bonds is 8. The molecule has 0 fully saturated rings. The number of amides is 1. The Hall–Kier alpha value is -2.78. The fourth-order valence-electron chi connectivity index (χ4n) is 2.36. The van der Waals surface area contributed by atoms with Gasteiger partial charge in [-0.05, 0) is 37.7 Å². The molecular formula is C18H18ClF2N3O4. The predicted octanol–water partition coefficient (Wildman–Crippen LogP) is 4.31. The van der Waals surface area contributed by atoms with E-state index in [1.807, 2.05) is 0 Å². The normalized spacial score (nSPS) is 12.1. The second kappa shape index (κ2) is 9.43. The standard InChI is InChI=1S/C18H18ClF2N3O4/c1-11(17(25)22-16-8-5-13(24(26)27)9-15(16)19)23(2)10-12-3-6-14(7-4-12)28-18(20)21/h3-9,11,18H,10H2,1-2H3,(H,22,25). The van der Waals surface area contributed by atoms with E-state index in [4.69, 9.17) is 11.6 Å². The van der Waals surface area contributed by atoms with Crippen LogP contribution in [0.25, 0.3) is 0 Å². The van der Waals surface area contributed by atoms with Gasteiger partial charge < -0.3 is 10.1 Å². The van der Waals surface area contributed by atoms with Crippen LogP contribution in [0.15, 0.2) is 42.5 Å². The highest BCUT2D eigenvalue weighted by Gasteiger charge is 2.20. The summed E-state index contributed by atoms with van der Waals surface area (Å²) >= 11 is 5.98. The van der Waals surface area contributed by atoms with Gasteiger partial charge in [-0.1, -0.05) is 23.7 Å². The van der Waals surface area contributed by atoms with Gasteiger partial charge >= 0.3 is 6.61 Å². The third-order valence-electron chi connectivity index (χ3n) is 4.04. The molecule has 0 aliphatic heterocycles. The van der Waals surface area contributed by atoms with Crippen molar-refractivity contribution in [1.82, 2.24) is 4.90 Å². The first-order valence-electron chi connectivity index (χ1n) is 8.16. The van der Waals surface area contributed by atoms with Crippen LogP contribution in [0.5, 0.6) is 5.75 Å². The molecule has 1 unspecified atom stereocenters. The molecule has 0 saturated heterocycles. The summed E-state index contributed by atoms with van der Waals surface area (Å²) in [6, 6.07) is 9.34. The van der Waals surface area contributed by atoms with Crippen molar-refractivity contribution in [3.8, 4) is 5.75 Å². The number of nitro groups is 1. The number of non-ortho nitro benzene ring substituents is 1. The number of hydrogen-bond acceptors (Lipinski definition) is 5. The number of benzene rings is 2. The molecule has 0 radical (unpaired) electrons. The van der Waals surface area contributed by atoms with E-state index in [1.54, 1.807) is 31.0 Å². The summed E-state index contributed by atoms with van der Waals surface area (Å²) < 4.78 is 28.6. The quantitative estimate of drug-likeness (QED) is 0.515.